The Kier molecular flexibility index (Phi) is 8.90. The molecule has 0 radical (unpaired) electrons. The van der Waals surface area contributed by atoms with Crippen LogP contribution in [0.15, 0.2) is 84.9 Å². The molecule has 0 aromatic heterocycles. The predicted octanol–water partition coefficient (Wildman–Crippen LogP) is 5.62. The van der Waals surface area contributed by atoms with Crippen molar-refractivity contribution in [3.8, 4) is 5.75 Å². The van der Waals surface area contributed by atoms with Crippen molar-refractivity contribution in [3.05, 3.63) is 102 Å². The standard InChI is InChI=1S/C28H34NO2P/c1-4-27(23-11-7-5-8-12-23)28(24-13-9-6-10-14-24)25-15-17-26(18-16-25)31-21-19-29-20-22-32(2,3)30/h5-18,29H,4,19-22H2,1-3H3/p+1/b28-27-. The molecule has 3 nitrogen and oxygen atoms in total. The van der Waals surface area contributed by atoms with E-state index in [2.05, 4.69) is 97.2 Å². The van der Waals surface area contributed by atoms with Crippen LogP contribution in [-0.4, -0.2) is 39.2 Å². The summed E-state index contributed by atoms with van der Waals surface area (Å²) < 4.78 is 17.7. The molecule has 0 aliphatic rings. The van der Waals surface area contributed by atoms with E-state index in [4.69, 9.17) is 4.74 Å². The van der Waals surface area contributed by atoms with Crippen LogP contribution in [0.4, 0.5) is 0 Å². The average molecular weight is 449 g/mol. The summed E-state index contributed by atoms with van der Waals surface area (Å²) >= 11 is 0. The van der Waals surface area contributed by atoms with E-state index >= 15 is 0 Å². The minimum Gasteiger partial charge on any atom is -0.488 e. The van der Waals surface area contributed by atoms with Crippen LogP contribution in [-0.2, 0) is 4.57 Å². The lowest BCUT2D eigenvalue weighted by molar-refractivity contribution is -0.651. The van der Waals surface area contributed by atoms with Gasteiger partial charge in [0.1, 0.15) is 18.9 Å². The minimum absolute atomic E-state index is 0.642. The molecule has 0 heterocycles. The molecule has 0 unspecified atom stereocenters. The lowest BCUT2D eigenvalue weighted by atomic mass is 9.88. The van der Waals surface area contributed by atoms with Gasteiger partial charge >= 0.3 is 0 Å². The monoisotopic (exact) mass is 448 g/mol. The van der Waals surface area contributed by atoms with Crippen LogP contribution in [0.5, 0.6) is 5.75 Å². The third-order valence-corrected chi connectivity index (χ3v) is 6.78. The molecule has 3 rings (SSSR count). The highest BCUT2D eigenvalue weighted by Crippen LogP contribution is 2.35. The first-order valence-electron chi connectivity index (χ1n) is 11.4. The maximum absolute atomic E-state index is 11.8. The average Bonchev–Trinajstić information content (AvgIpc) is 2.80. The maximum Gasteiger partial charge on any atom is 0.137 e. The normalized spacial score (nSPS) is 12.3. The molecule has 168 valence electrons. The molecule has 0 bridgehead atoms. The first-order chi connectivity index (χ1) is 15.5. The molecule has 0 atom stereocenters. The number of quaternary nitrogens is 1. The molecular formula is C28H35NO2P+. The van der Waals surface area contributed by atoms with Crippen LogP contribution in [0.1, 0.15) is 30.0 Å². The number of nitrogens with two attached hydrogens (primary N) is 1. The number of hydrogen-bond acceptors (Lipinski definition) is 2. The molecule has 4 heteroatoms. The fourth-order valence-electron chi connectivity index (χ4n) is 3.81. The molecule has 3 aromatic carbocycles. The zero-order valence-electron chi connectivity index (χ0n) is 19.5. The Balaban J connectivity index is 1.76. The molecule has 0 saturated heterocycles. The van der Waals surface area contributed by atoms with Gasteiger partial charge in [-0.25, -0.2) is 0 Å². The van der Waals surface area contributed by atoms with Gasteiger partial charge in [0.2, 0.25) is 0 Å². The largest absolute Gasteiger partial charge is 0.488 e. The Labute approximate surface area is 192 Å². The summed E-state index contributed by atoms with van der Waals surface area (Å²) in [5, 5.41) is 2.18. The molecule has 0 saturated carbocycles. The van der Waals surface area contributed by atoms with E-state index in [0.29, 0.717) is 6.61 Å². The van der Waals surface area contributed by atoms with E-state index in [-0.39, 0.29) is 0 Å². The van der Waals surface area contributed by atoms with Gasteiger partial charge in [0, 0.05) is 6.16 Å². The van der Waals surface area contributed by atoms with Gasteiger partial charge < -0.3 is 14.6 Å². The molecular weight excluding hydrogens is 413 g/mol. The Morgan fingerprint density at radius 1 is 0.781 bits per heavy atom. The number of ether oxygens (including phenoxy) is 1. The molecule has 0 aliphatic carbocycles. The second-order valence-corrected chi connectivity index (χ2v) is 12.1. The SMILES string of the molecule is CC/C(=C(\c1ccccc1)c1ccc(OCC[NH2+]CCP(C)(C)=O)cc1)c1ccccc1. The molecule has 0 fully saturated rings. The lowest BCUT2D eigenvalue weighted by Crippen LogP contribution is -2.86. The highest BCUT2D eigenvalue weighted by atomic mass is 31.2. The molecule has 0 aliphatic heterocycles. The second-order valence-electron chi connectivity index (χ2n) is 8.48. The van der Waals surface area contributed by atoms with Gasteiger partial charge in [0.15, 0.2) is 0 Å². The van der Waals surface area contributed by atoms with Crippen molar-refractivity contribution in [1.82, 2.24) is 0 Å². The Morgan fingerprint density at radius 3 is 1.91 bits per heavy atom. The Bertz CT molecular complexity index is 1040. The number of allylic oxidation sites excluding steroid dienone is 1. The summed E-state index contributed by atoms with van der Waals surface area (Å²) in [6, 6.07) is 29.7. The van der Waals surface area contributed by atoms with Crippen LogP contribution in [0.3, 0.4) is 0 Å². The van der Waals surface area contributed by atoms with Gasteiger partial charge in [-0.1, -0.05) is 79.7 Å². The summed E-state index contributed by atoms with van der Waals surface area (Å²) in [5.74, 6) is 0.879. The molecule has 0 amide bonds. The fraction of sp³-hybridized carbons (Fsp3) is 0.286. The third kappa shape index (κ3) is 7.22. The van der Waals surface area contributed by atoms with Crippen LogP contribution >= 0.6 is 7.14 Å². The van der Waals surface area contributed by atoms with Crippen molar-refractivity contribution in [2.75, 3.05) is 39.2 Å². The van der Waals surface area contributed by atoms with Gasteiger partial charge in [-0.15, -0.1) is 0 Å². The van der Waals surface area contributed by atoms with Gasteiger partial charge in [-0.3, -0.25) is 0 Å². The van der Waals surface area contributed by atoms with Gasteiger partial charge in [0.25, 0.3) is 0 Å². The zero-order chi connectivity index (χ0) is 22.8. The van der Waals surface area contributed by atoms with Crippen LogP contribution < -0.4 is 10.1 Å². The Morgan fingerprint density at radius 2 is 1.34 bits per heavy atom. The van der Waals surface area contributed by atoms with Crippen molar-refractivity contribution in [2.24, 2.45) is 0 Å². The highest BCUT2D eigenvalue weighted by molar-refractivity contribution is 7.62. The van der Waals surface area contributed by atoms with Crippen molar-refractivity contribution in [3.63, 3.8) is 0 Å². The van der Waals surface area contributed by atoms with E-state index in [0.717, 1.165) is 31.4 Å². The van der Waals surface area contributed by atoms with Gasteiger partial charge in [0.05, 0.1) is 13.7 Å². The molecule has 2 N–H and O–H groups in total. The zero-order valence-corrected chi connectivity index (χ0v) is 20.4. The van der Waals surface area contributed by atoms with Crippen molar-refractivity contribution in [2.45, 2.75) is 13.3 Å². The number of hydrogen-bond donors (Lipinski definition) is 1. The van der Waals surface area contributed by atoms with Crippen molar-refractivity contribution < 1.29 is 14.6 Å². The van der Waals surface area contributed by atoms with Gasteiger partial charge in [-0.05, 0) is 59.7 Å². The van der Waals surface area contributed by atoms with Crippen LogP contribution in [0, 0.1) is 0 Å². The third-order valence-electron chi connectivity index (χ3n) is 5.45. The molecule has 3 aromatic rings. The fourth-order valence-corrected chi connectivity index (χ4v) is 4.61. The van der Waals surface area contributed by atoms with E-state index in [1.165, 1.54) is 27.8 Å². The summed E-state index contributed by atoms with van der Waals surface area (Å²) in [6.45, 7) is 8.30. The number of rotatable bonds is 11. The van der Waals surface area contributed by atoms with Crippen LogP contribution in [0.25, 0.3) is 11.1 Å². The minimum atomic E-state index is -1.92. The van der Waals surface area contributed by atoms with Crippen molar-refractivity contribution >= 4 is 18.3 Å². The molecule has 32 heavy (non-hydrogen) atoms. The van der Waals surface area contributed by atoms with E-state index in [1.807, 2.05) is 13.3 Å². The van der Waals surface area contributed by atoms with E-state index in [9.17, 15) is 4.57 Å². The number of benzene rings is 3. The maximum atomic E-state index is 11.8. The second kappa shape index (κ2) is 11.9. The smallest absolute Gasteiger partial charge is 0.137 e. The topological polar surface area (TPSA) is 42.9 Å². The summed E-state index contributed by atoms with van der Waals surface area (Å²) in [6.07, 6.45) is 1.72. The van der Waals surface area contributed by atoms with Crippen molar-refractivity contribution in [1.29, 1.82) is 0 Å². The highest BCUT2D eigenvalue weighted by Gasteiger charge is 2.13. The Hall–Kier alpha value is -2.61. The van der Waals surface area contributed by atoms with Crippen LogP contribution in [0.2, 0.25) is 0 Å². The lowest BCUT2D eigenvalue weighted by Gasteiger charge is -2.17. The van der Waals surface area contributed by atoms with Gasteiger partial charge in [-0.2, -0.15) is 0 Å². The summed E-state index contributed by atoms with van der Waals surface area (Å²) in [7, 11) is -1.92. The first-order valence-corrected chi connectivity index (χ1v) is 14.2. The van der Waals surface area contributed by atoms with E-state index in [1.54, 1.807) is 0 Å². The predicted molar refractivity (Wildman–Crippen MR) is 137 cm³/mol. The van der Waals surface area contributed by atoms with E-state index < -0.39 is 7.14 Å². The summed E-state index contributed by atoms with van der Waals surface area (Å²) in [5.41, 5.74) is 6.28. The first kappa shape index (κ1) is 24.0. The summed E-state index contributed by atoms with van der Waals surface area (Å²) in [4.78, 5) is 0. The molecule has 0 spiro atoms. The quantitative estimate of drug-likeness (QED) is 0.235.